The predicted molar refractivity (Wildman–Crippen MR) is 128 cm³/mol. The number of rotatable bonds is 10. The van der Waals surface area contributed by atoms with E-state index in [0.717, 1.165) is 5.69 Å². The molecule has 0 atom stereocenters. The third-order valence-electron chi connectivity index (χ3n) is 5.35. The van der Waals surface area contributed by atoms with Crippen LogP contribution in [0.3, 0.4) is 0 Å². The highest BCUT2D eigenvalue weighted by molar-refractivity contribution is 7.89. The lowest BCUT2D eigenvalue weighted by atomic mass is 10.2. The quantitative estimate of drug-likeness (QED) is 0.507. The highest BCUT2D eigenvalue weighted by Crippen LogP contribution is 2.24. The van der Waals surface area contributed by atoms with Gasteiger partial charge in [0.15, 0.2) is 0 Å². The van der Waals surface area contributed by atoms with E-state index >= 15 is 0 Å². The molecule has 0 bridgehead atoms. The molecule has 3 rings (SSSR count). The van der Waals surface area contributed by atoms with Gasteiger partial charge in [-0.1, -0.05) is 17.7 Å². The Balaban J connectivity index is 1.69. The lowest BCUT2D eigenvalue weighted by molar-refractivity contribution is 0.0756. The van der Waals surface area contributed by atoms with E-state index in [1.54, 1.807) is 6.07 Å². The van der Waals surface area contributed by atoms with Crippen LogP contribution >= 0.6 is 11.6 Å². The SMILES string of the molecule is CCn1cc(C(=O)NCCCOC(C)C)c(S(=O)(=O)N2CCN(c3cccc(Cl)c3)CC2)n1. The first-order valence-corrected chi connectivity index (χ1v) is 13.0. The molecule has 1 aromatic carbocycles. The lowest BCUT2D eigenvalue weighted by Crippen LogP contribution is -2.49. The van der Waals surface area contributed by atoms with Crippen LogP contribution in [0, 0.1) is 0 Å². The number of carbonyl (C=O) groups is 1. The molecule has 1 aromatic heterocycles. The monoisotopic (exact) mass is 497 g/mol. The maximum absolute atomic E-state index is 13.4. The van der Waals surface area contributed by atoms with Gasteiger partial charge in [-0.3, -0.25) is 9.48 Å². The van der Waals surface area contributed by atoms with Crippen LogP contribution in [0.5, 0.6) is 0 Å². The third kappa shape index (κ3) is 6.47. The Kier molecular flexibility index (Phi) is 8.75. The van der Waals surface area contributed by atoms with E-state index < -0.39 is 15.9 Å². The van der Waals surface area contributed by atoms with E-state index in [2.05, 4.69) is 15.3 Å². The number of nitrogens with zero attached hydrogens (tertiary/aromatic N) is 4. The van der Waals surface area contributed by atoms with E-state index in [9.17, 15) is 13.2 Å². The van der Waals surface area contributed by atoms with Gasteiger partial charge in [0.1, 0.15) is 0 Å². The molecule has 0 radical (unpaired) electrons. The lowest BCUT2D eigenvalue weighted by Gasteiger charge is -2.35. The van der Waals surface area contributed by atoms with Crippen molar-refractivity contribution in [1.82, 2.24) is 19.4 Å². The number of hydrogen-bond acceptors (Lipinski definition) is 6. The van der Waals surface area contributed by atoms with Gasteiger partial charge >= 0.3 is 0 Å². The van der Waals surface area contributed by atoms with Gasteiger partial charge < -0.3 is 15.0 Å². The third-order valence-corrected chi connectivity index (χ3v) is 7.42. The summed E-state index contributed by atoms with van der Waals surface area (Å²) in [6.07, 6.45) is 2.26. The standard InChI is InChI=1S/C22H32ClN5O4S/c1-4-27-16-20(21(29)24-9-6-14-32-17(2)3)22(25-27)33(30,31)28-12-10-26(11-13-28)19-8-5-7-18(23)15-19/h5,7-8,15-17H,4,6,9-14H2,1-3H3,(H,24,29). The molecule has 1 aliphatic heterocycles. The number of aromatic nitrogens is 2. The van der Waals surface area contributed by atoms with Crippen molar-refractivity contribution < 1.29 is 17.9 Å². The van der Waals surface area contributed by atoms with E-state index in [1.165, 1.54) is 15.2 Å². The van der Waals surface area contributed by atoms with E-state index in [0.29, 0.717) is 57.3 Å². The molecule has 0 spiro atoms. The van der Waals surface area contributed by atoms with Crippen molar-refractivity contribution in [3.05, 3.63) is 41.0 Å². The molecule has 33 heavy (non-hydrogen) atoms. The smallest absolute Gasteiger partial charge is 0.263 e. The Morgan fingerprint density at radius 1 is 1.24 bits per heavy atom. The van der Waals surface area contributed by atoms with Crippen molar-refractivity contribution >= 4 is 33.2 Å². The van der Waals surface area contributed by atoms with Crippen LogP contribution in [0.2, 0.25) is 5.02 Å². The van der Waals surface area contributed by atoms with Crippen LogP contribution in [0.1, 0.15) is 37.6 Å². The summed E-state index contributed by atoms with van der Waals surface area (Å²) >= 11 is 6.09. The van der Waals surface area contributed by atoms with E-state index in [-0.39, 0.29) is 16.7 Å². The summed E-state index contributed by atoms with van der Waals surface area (Å²) < 4.78 is 35.1. The molecule has 0 saturated carbocycles. The highest BCUT2D eigenvalue weighted by Gasteiger charge is 2.34. The summed E-state index contributed by atoms with van der Waals surface area (Å²) in [7, 11) is -3.92. The summed E-state index contributed by atoms with van der Waals surface area (Å²) in [5.41, 5.74) is 1.02. The number of nitrogens with one attached hydrogen (secondary N) is 1. The zero-order valence-electron chi connectivity index (χ0n) is 19.3. The number of hydrogen-bond donors (Lipinski definition) is 1. The molecular formula is C22H32ClN5O4S. The minimum atomic E-state index is -3.92. The first-order valence-electron chi connectivity index (χ1n) is 11.2. The first kappa shape index (κ1) is 25.5. The van der Waals surface area contributed by atoms with Crippen LogP contribution < -0.4 is 10.2 Å². The zero-order chi connectivity index (χ0) is 24.0. The fraction of sp³-hybridized carbons (Fsp3) is 0.545. The van der Waals surface area contributed by atoms with Gasteiger partial charge in [0.05, 0.1) is 11.7 Å². The van der Waals surface area contributed by atoms with Crippen LogP contribution in [-0.4, -0.2) is 73.8 Å². The molecule has 1 fully saturated rings. The molecule has 1 N–H and O–H groups in total. The Morgan fingerprint density at radius 3 is 2.61 bits per heavy atom. The molecule has 0 unspecified atom stereocenters. The summed E-state index contributed by atoms with van der Waals surface area (Å²) in [5, 5.41) is 7.45. The second-order valence-corrected chi connectivity index (χ2v) is 10.4. The predicted octanol–water partition coefficient (Wildman–Crippen LogP) is 2.61. The maximum Gasteiger partial charge on any atom is 0.263 e. The number of amides is 1. The molecule has 11 heteroatoms. The van der Waals surface area contributed by atoms with Gasteiger partial charge in [-0.05, 0) is 45.4 Å². The van der Waals surface area contributed by atoms with Crippen LogP contribution in [0.15, 0.2) is 35.5 Å². The highest BCUT2D eigenvalue weighted by atomic mass is 35.5. The number of sulfonamides is 1. The topological polar surface area (TPSA) is 96.8 Å². The summed E-state index contributed by atoms with van der Waals surface area (Å²) in [6.45, 7) is 8.74. The van der Waals surface area contributed by atoms with Gasteiger partial charge in [0.25, 0.3) is 15.9 Å². The molecular weight excluding hydrogens is 466 g/mol. The van der Waals surface area contributed by atoms with Crippen molar-refractivity contribution in [2.24, 2.45) is 0 Å². The number of aryl methyl sites for hydroxylation is 1. The first-order chi connectivity index (χ1) is 15.7. The van der Waals surface area contributed by atoms with Crippen molar-refractivity contribution in [3.63, 3.8) is 0 Å². The normalized spacial score (nSPS) is 15.2. The van der Waals surface area contributed by atoms with Gasteiger partial charge in [-0.2, -0.15) is 9.40 Å². The molecule has 0 aliphatic carbocycles. The second kappa shape index (κ2) is 11.3. The van der Waals surface area contributed by atoms with Crippen LogP contribution in [0.25, 0.3) is 0 Å². The van der Waals surface area contributed by atoms with Crippen molar-refractivity contribution in [2.45, 2.75) is 44.9 Å². The minimum Gasteiger partial charge on any atom is -0.379 e. The fourth-order valence-corrected chi connectivity index (χ4v) is 5.29. The van der Waals surface area contributed by atoms with Crippen molar-refractivity contribution in [2.75, 3.05) is 44.2 Å². The molecule has 2 heterocycles. The van der Waals surface area contributed by atoms with E-state index in [1.807, 2.05) is 39.0 Å². The number of halogens is 1. The largest absolute Gasteiger partial charge is 0.379 e. The van der Waals surface area contributed by atoms with Gasteiger partial charge in [0.2, 0.25) is 5.03 Å². The Hall–Kier alpha value is -2.14. The maximum atomic E-state index is 13.4. The molecule has 1 amide bonds. The Bertz CT molecular complexity index is 1050. The minimum absolute atomic E-state index is 0.0684. The summed E-state index contributed by atoms with van der Waals surface area (Å²) in [4.78, 5) is 14.9. The average molecular weight is 498 g/mol. The number of carbonyl (C=O) groups excluding carboxylic acids is 1. The Morgan fingerprint density at radius 2 is 1.97 bits per heavy atom. The Labute approximate surface area is 200 Å². The van der Waals surface area contributed by atoms with Gasteiger partial charge in [0, 0.05) is 62.8 Å². The number of ether oxygens (including phenoxy) is 1. The van der Waals surface area contributed by atoms with Crippen molar-refractivity contribution in [3.8, 4) is 0 Å². The average Bonchev–Trinajstić information content (AvgIpc) is 3.24. The fourth-order valence-electron chi connectivity index (χ4n) is 3.58. The molecule has 2 aromatic rings. The van der Waals surface area contributed by atoms with Crippen LogP contribution in [-0.2, 0) is 21.3 Å². The molecule has 1 aliphatic rings. The summed E-state index contributed by atoms with van der Waals surface area (Å²) in [5.74, 6) is -0.449. The molecule has 9 nitrogen and oxygen atoms in total. The van der Waals surface area contributed by atoms with Crippen molar-refractivity contribution in [1.29, 1.82) is 0 Å². The number of piperazine rings is 1. The second-order valence-electron chi connectivity index (χ2n) is 8.10. The van der Waals surface area contributed by atoms with E-state index in [4.69, 9.17) is 16.3 Å². The molecule has 1 saturated heterocycles. The number of benzene rings is 1. The molecule has 182 valence electrons. The van der Waals surface area contributed by atoms with Gasteiger partial charge in [-0.15, -0.1) is 0 Å². The van der Waals surface area contributed by atoms with Gasteiger partial charge in [-0.25, -0.2) is 8.42 Å². The zero-order valence-corrected chi connectivity index (χ0v) is 20.9. The number of anilines is 1. The van der Waals surface area contributed by atoms with Crippen LogP contribution in [0.4, 0.5) is 5.69 Å². The summed E-state index contributed by atoms with van der Waals surface area (Å²) in [6, 6.07) is 7.49.